The number of hydrogen-bond donors (Lipinski definition) is 1. The molecule has 2 heterocycles. The molecule has 3 rings (SSSR count). The van der Waals surface area contributed by atoms with E-state index < -0.39 is 0 Å². The summed E-state index contributed by atoms with van der Waals surface area (Å²) in [6.07, 6.45) is 4.06. The first-order valence-electron chi connectivity index (χ1n) is 6.47. The van der Waals surface area contributed by atoms with Gasteiger partial charge in [-0.05, 0) is 50.0 Å². The summed E-state index contributed by atoms with van der Waals surface area (Å²) in [6, 6.07) is 9.43. The van der Waals surface area contributed by atoms with E-state index in [2.05, 4.69) is 34.5 Å². The minimum absolute atomic E-state index is 0.594. The third-order valence-electron chi connectivity index (χ3n) is 3.90. The lowest BCUT2D eigenvalue weighted by Gasteiger charge is -2.18. The van der Waals surface area contributed by atoms with E-state index in [1.165, 1.54) is 50.0 Å². The van der Waals surface area contributed by atoms with E-state index in [4.69, 9.17) is 0 Å². The fraction of sp³-hybridized carbons (Fsp3) is 0.571. The number of fused-ring (bicyclic) bond motifs is 1. The minimum atomic E-state index is 0.594. The highest BCUT2D eigenvalue weighted by molar-refractivity contribution is 5.33. The van der Waals surface area contributed by atoms with Gasteiger partial charge in [-0.25, -0.2) is 0 Å². The lowest BCUT2D eigenvalue weighted by atomic mass is 10.0. The zero-order valence-corrected chi connectivity index (χ0v) is 9.78. The maximum atomic E-state index is 3.62. The minimum Gasteiger partial charge on any atom is -0.306 e. The van der Waals surface area contributed by atoms with Crippen LogP contribution in [-0.4, -0.2) is 24.5 Å². The molecule has 2 aliphatic rings. The molecular weight excluding hydrogens is 196 g/mol. The second-order valence-corrected chi connectivity index (χ2v) is 4.97. The van der Waals surface area contributed by atoms with Gasteiger partial charge in [0.05, 0.1) is 0 Å². The van der Waals surface area contributed by atoms with Crippen LogP contribution in [0.5, 0.6) is 0 Å². The molecule has 1 saturated heterocycles. The van der Waals surface area contributed by atoms with Gasteiger partial charge >= 0.3 is 0 Å². The van der Waals surface area contributed by atoms with Gasteiger partial charge in [-0.1, -0.05) is 24.3 Å². The average molecular weight is 216 g/mol. The maximum absolute atomic E-state index is 3.62. The summed E-state index contributed by atoms with van der Waals surface area (Å²) in [6.45, 7) is 4.94. The molecule has 0 saturated carbocycles. The molecule has 86 valence electrons. The second kappa shape index (κ2) is 4.56. The first-order valence-corrected chi connectivity index (χ1v) is 6.47. The van der Waals surface area contributed by atoms with Gasteiger partial charge in [-0.15, -0.1) is 0 Å². The van der Waals surface area contributed by atoms with E-state index in [0.717, 1.165) is 6.54 Å². The molecule has 0 aromatic heterocycles. The molecule has 2 heteroatoms. The van der Waals surface area contributed by atoms with Crippen LogP contribution in [0.25, 0.3) is 0 Å². The van der Waals surface area contributed by atoms with E-state index in [1.807, 2.05) is 0 Å². The van der Waals surface area contributed by atoms with Crippen LogP contribution in [0.15, 0.2) is 24.3 Å². The van der Waals surface area contributed by atoms with Crippen molar-refractivity contribution in [3.63, 3.8) is 0 Å². The van der Waals surface area contributed by atoms with Crippen LogP contribution in [0.2, 0.25) is 0 Å². The molecule has 1 unspecified atom stereocenters. The highest BCUT2D eigenvalue weighted by Crippen LogP contribution is 2.27. The normalized spacial score (nSPS) is 24.9. The summed E-state index contributed by atoms with van der Waals surface area (Å²) in [4.78, 5) is 2.60. The molecule has 1 N–H and O–H groups in total. The van der Waals surface area contributed by atoms with Gasteiger partial charge in [0.1, 0.15) is 0 Å². The smallest absolute Gasteiger partial charge is 0.0338 e. The van der Waals surface area contributed by atoms with Gasteiger partial charge in [0.25, 0.3) is 0 Å². The number of benzene rings is 1. The van der Waals surface area contributed by atoms with E-state index >= 15 is 0 Å². The lowest BCUT2D eigenvalue weighted by molar-refractivity contribution is 0.314. The Hall–Kier alpha value is -0.860. The first kappa shape index (κ1) is 10.3. The fourth-order valence-corrected chi connectivity index (χ4v) is 2.95. The van der Waals surface area contributed by atoms with Crippen LogP contribution in [0.3, 0.4) is 0 Å². The number of nitrogens with one attached hydrogen (secondary N) is 1. The van der Waals surface area contributed by atoms with E-state index in [0.29, 0.717) is 6.04 Å². The SMILES string of the molecule is c1ccc2c(c1)CNC2CCN1CCCC1. The first-order chi connectivity index (χ1) is 7.93. The van der Waals surface area contributed by atoms with Gasteiger partial charge < -0.3 is 10.2 Å². The Morgan fingerprint density at radius 2 is 2.00 bits per heavy atom. The molecule has 1 fully saturated rings. The molecule has 2 nitrogen and oxygen atoms in total. The average Bonchev–Trinajstić information content (AvgIpc) is 2.96. The van der Waals surface area contributed by atoms with Gasteiger partial charge in [-0.3, -0.25) is 0 Å². The Kier molecular flexibility index (Phi) is 2.94. The van der Waals surface area contributed by atoms with Gasteiger partial charge in [-0.2, -0.15) is 0 Å². The van der Waals surface area contributed by atoms with E-state index in [-0.39, 0.29) is 0 Å². The third kappa shape index (κ3) is 2.00. The van der Waals surface area contributed by atoms with Crippen LogP contribution in [-0.2, 0) is 6.54 Å². The van der Waals surface area contributed by atoms with E-state index in [9.17, 15) is 0 Å². The van der Waals surface area contributed by atoms with Gasteiger partial charge in [0.2, 0.25) is 0 Å². The third-order valence-corrected chi connectivity index (χ3v) is 3.90. The molecule has 16 heavy (non-hydrogen) atoms. The summed E-state index contributed by atoms with van der Waals surface area (Å²) in [5, 5.41) is 3.62. The van der Waals surface area contributed by atoms with Crippen molar-refractivity contribution in [1.82, 2.24) is 10.2 Å². The Morgan fingerprint density at radius 3 is 2.88 bits per heavy atom. The predicted molar refractivity (Wildman–Crippen MR) is 66.3 cm³/mol. The summed E-state index contributed by atoms with van der Waals surface area (Å²) >= 11 is 0. The predicted octanol–water partition coefficient (Wildman–Crippen LogP) is 2.32. The number of likely N-dealkylation sites (tertiary alicyclic amines) is 1. The molecule has 1 aromatic carbocycles. The molecular formula is C14H20N2. The summed E-state index contributed by atoms with van der Waals surface area (Å²) < 4.78 is 0. The highest BCUT2D eigenvalue weighted by Gasteiger charge is 2.22. The molecule has 1 aromatic rings. The van der Waals surface area contributed by atoms with Gasteiger partial charge in [0, 0.05) is 12.6 Å². The summed E-state index contributed by atoms with van der Waals surface area (Å²) in [5.74, 6) is 0. The Bertz CT molecular complexity index is 356. The quantitative estimate of drug-likeness (QED) is 0.834. The Labute approximate surface area is 97.6 Å². The fourth-order valence-electron chi connectivity index (χ4n) is 2.95. The van der Waals surface area contributed by atoms with Crippen molar-refractivity contribution in [1.29, 1.82) is 0 Å². The molecule has 0 radical (unpaired) electrons. The Balaban J connectivity index is 1.60. The number of nitrogens with zero attached hydrogens (tertiary/aromatic N) is 1. The zero-order chi connectivity index (χ0) is 10.8. The van der Waals surface area contributed by atoms with Crippen molar-refractivity contribution in [3.8, 4) is 0 Å². The second-order valence-electron chi connectivity index (χ2n) is 4.97. The van der Waals surface area contributed by atoms with Crippen molar-refractivity contribution in [2.24, 2.45) is 0 Å². The van der Waals surface area contributed by atoms with Crippen molar-refractivity contribution < 1.29 is 0 Å². The van der Waals surface area contributed by atoms with Crippen molar-refractivity contribution >= 4 is 0 Å². The Morgan fingerprint density at radius 1 is 1.19 bits per heavy atom. The molecule has 0 bridgehead atoms. The summed E-state index contributed by atoms with van der Waals surface area (Å²) in [5.41, 5.74) is 3.02. The van der Waals surface area contributed by atoms with Crippen molar-refractivity contribution in [2.45, 2.75) is 31.8 Å². The van der Waals surface area contributed by atoms with Crippen molar-refractivity contribution in [2.75, 3.05) is 19.6 Å². The van der Waals surface area contributed by atoms with Crippen LogP contribution in [0.1, 0.15) is 36.4 Å². The molecule has 0 spiro atoms. The summed E-state index contributed by atoms with van der Waals surface area (Å²) in [7, 11) is 0. The highest BCUT2D eigenvalue weighted by atomic mass is 15.1. The molecule has 2 aliphatic heterocycles. The van der Waals surface area contributed by atoms with E-state index in [1.54, 1.807) is 0 Å². The number of hydrogen-bond acceptors (Lipinski definition) is 2. The van der Waals surface area contributed by atoms with Crippen LogP contribution in [0, 0.1) is 0 Å². The maximum Gasteiger partial charge on any atom is 0.0338 e. The molecule has 0 aliphatic carbocycles. The standard InChI is InChI=1S/C14H20N2/c1-2-6-13-12(5-1)11-15-14(13)7-10-16-8-3-4-9-16/h1-2,5-6,14-15H,3-4,7-11H2. The molecule has 0 amide bonds. The lowest BCUT2D eigenvalue weighted by Crippen LogP contribution is -2.24. The largest absolute Gasteiger partial charge is 0.306 e. The number of rotatable bonds is 3. The topological polar surface area (TPSA) is 15.3 Å². The van der Waals surface area contributed by atoms with Crippen LogP contribution >= 0.6 is 0 Å². The van der Waals surface area contributed by atoms with Crippen molar-refractivity contribution in [3.05, 3.63) is 35.4 Å². The van der Waals surface area contributed by atoms with Gasteiger partial charge in [0.15, 0.2) is 0 Å². The van der Waals surface area contributed by atoms with Crippen LogP contribution < -0.4 is 5.32 Å². The monoisotopic (exact) mass is 216 g/mol. The zero-order valence-electron chi connectivity index (χ0n) is 9.78. The molecule has 1 atom stereocenters. The van der Waals surface area contributed by atoms with Crippen LogP contribution in [0.4, 0.5) is 0 Å².